The van der Waals surface area contributed by atoms with E-state index in [0.717, 1.165) is 17.5 Å². The summed E-state index contributed by atoms with van der Waals surface area (Å²) in [5, 5.41) is 2.85. The van der Waals surface area contributed by atoms with Crippen molar-refractivity contribution in [1.29, 1.82) is 0 Å². The largest absolute Gasteiger partial charge is 0.490 e. The molecule has 3 aromatic rings. The van der Waals surface area contributed by atoms with Crippen LogP contribution in [0, 0.1) is 0 Å². The number of anilines is 1. The van der Waals surface area contributed by atoms with Gasteiger partial charge in [0.2, 0.25) is 5.91 Å². The number of aromatic nitrogens is 2. The molecule has 3 rings (SSSR count). The molecule has 0 unspecified atom stereocenters. The highest BCUT2D eigenvalue weighted by Gasteiger charge is 2.15. The summed E-state index contributed by atoms with van der Waals surface area (Å²) in [5.41, 5.74) is 2.01. The Morgan fingerprint density at radius 3 is 2.24 bits per heavy atom. The van der Waals surface area contributed by atoms with E-state index in [4.69, 9.17) is 9.47 Å². The van der Waals surface area contributed by atoms with Gasteiger partial charge in [-0.05, 0) is 44.5 Å². The predicted molar refractivity (Wildman–Crippen MR) is 114 cm³/mol. The van der Waals surface area contributed by atoms with E-state index in [1.54, 1.807) is 22.8 Å². The number of benzene rings is 2. The summed E-state index contributed by atoms with van der Waals surface area (Å²) in [7, 11) is 0. The normalized spacial score (nSPS) is 10.9. The highest BCUT2D eigenvalue weighted by atomic mass is 16.5. The summed E-state index contributed by atoms with van der Waals surface area (Å²) in [5.74, 6) is 0.924. The van der Waals surface area contributed by atoms with Crippen LogP contribution in [0.3, 0.4) is 0 Å². The first-order chi connectivity index (χ1) is 14.1. The standard InChI is InChI=1S/C22H27N3O4/c1-4-13-24-17-9-7-8-10-18(17)25(22(24)27)15-21(26)23-16-11-12-19(28-5-2)20(14-16)29-6-3/h7-12,14H,4-6,13,15H2,1-3H3,(H,23,26). The van der Waals surface area contributed by atoms with Crippen LogP contribution in [0.2, 0.25) is 0 Å². The second-order valence-electron chi connectivity index (χ2n) is 6.58. The molecule has 0 aliphatic carbocycles. The molecule has 0 spiro atoms. The van der Waals surface area contributed by atoms with Gasteiger partial charge in [0, 0.05) is 18.3 Å². The third kappa shape index (κ3) is 4.45. The molecule has 0 bridgehead atoms. The number of aryl methyl sites for hydroxylation is 1. The monoisotopic (exact) mass is 397 g/mol. The Morgan fingerprint density at radius 1 is 0.931 bits per heavy atom. The van der Waals surface area contributed by atoms with Crippen molar-refractivity contribution < 1.29 is 14.3 Å². The molecule has 1 N–H and O–H groups in total. The van der Waals surface area contributed by atoms with Crippen LogP contribution in [0.5, 0.6) is 11.5 Å². The number of fused-ring (bicyclic) bond motifs is 1. The van der Waals surface area contributed by atoms with Crippen molar-refractivity contribution in [3.8, 4) is 11.5 Å². The maximum atomic E-state index is 12.8. The number of hydrogen-bond acceptors (Lipinski definition) is 4. The van der Waals surface area contributed by atoms with Gasteiger partial charge in [0.1, 0.15) is 6.54 Å². The van der Waals surface area contributed by atoms with Crippen LogP contribution in [-0.2, 0) is 17.9 Å². The maximum Gasteiger partial charge on any atom is 0.329 e. The van der Waals surface area contributed by atoms with Gasteiger partial charge in [0.25, 0.3) is 0 Å². The zero-order valence-corrected chi connectivity index (χ0v) is 17.1. The fourth-order valence-electron chi connectivity index (χ4n) is 3.34. The van der Waals surface area contributed by atoms with Gasteiger partial charge in [0.15, 0.2) is 11.5 Å². The van der Waals surface area contributed by atoms with Crippen LogP contribution in [0.25, 0.3) is 11.0 Å². The second-order valence-corrected chi connectivity index (χ2v) is 6.58. The molecule has 1 amide bonds. The van der Waals surface area contributed by atoms with Crippen molar-refractivity contribution in [3.05, 3.63) is 52.9 Å². The average Bonchev–Trinajstić information content (AvgIpc) is 2.96. The van der Waals surface area contributed by atoms with E-state index in [2.05, 4.69) is 5.32 Å². The topological polar surface area (TPSA) is 74.5 Å². The SMILES string of the molecule is CCCn1c(=O)n(CC(=O)Nc2ccc(OCC)c(OCC)c2)c2ccccc21. The number of rotatable bonds is 9. The van der Waals surface area contributed by atoms with Gasteiger partial charge < -0.3 is 14.8 Å². The Hall–Kier alpha value is -3.22. The van der Waals surface area contributed by atoms with Gasteiger partial charge in [-0.15, -0.1) is 0 Å². The highest BCUT2D eigenvalue weighted by Crippen LogP contribution is 2.30. The molecule has 7 heteroatoms. The lowest BCUT2D eigenvalue weighted by Gasteiger charge is -2.13. The number of hydrogen-bond donors (Lipinski definition) is 1. The fraction of sp³-hybridized carbons (Fsp3) is 0.364. The first-order valence-electron chi connectivity index (χ1n) is 9.96. The van der Waals surface area contributed by atoms with E-state index < -0.39 is 0 Å². The summed E-state index contributed by atoms with van der Waals surface area (Å²) in [6.45, 7) is 7.38. The second kappa shape index (κ2) is 9.32. The van der Waals surface area contributed by atoms with E-state index in [1.807, 2.05) is 45.0 Å². The van der Waals surface area contributed by atoms with Gasteiger partial charge in [-0.25, -0.2) is 4.79 Å². The van der Waals surface area contributed by atoms with Crippen molar-refractivity contribution in [1.82, 2.24) is 9.13 Å². The Bertz CT molecular complexity index is 1050. The summed E-state index contributed by atoms with van der Waals surface area (Å²) >= 11 is 0. The van der Waals surface area contributed by atoms with Crippen LogP contribution in [0.1, 0.15) is 27.2 Å². The molecule has 1 aromatic heterocycles. The van der Waals surface area contributed by atoms with E-state index in [0.29, 0.717) is 36.9 Å². The minimum atomic E-state index is -0.280. The van der Waals surface area contributed by atoms with Gasteiger partial charge in [-0.3, -0.25) is 13.9 Å². The van der Waals surface area contributed by atoms with E-state index in [-0.39, 0.29) is 18.1 Å². The van der Waals surface area contributed by atoms with Gasteiger partial charge in [0.05, 0.1) is 24.2 Å². The minimum Gasteiger partial charge on any atom is -0.490 e. The summed E-state index contributed by atoms with van der Waals surface area (Å²) in [6, 6.07) is 12.8. The van der Waals surface area contributed by atoms with Crippen LogP contribution in [0.15, 0.2) is 47.3 Å². The van der Waals surface area contributed by atoms with E-state index in [1.165, 1.54) is 4.57 Å². The molecular weight excluding hydrogens is 370 g/mol. The molecule has 0 saturated heterocycles. The first kappa shape index (κ1) is 20.5. The van der Waals surface area contributed by atoms with Crippen molar-refractivity contribution in [2.75, 3.05) is 18.5 Å². The lowest BCUT2D eigenvalue weighted by Crippen LogP contribution is -2.29. The molecule has 1 heterocycles. The van der Waals surface area contributed by atoms with Gasteiger partial charge in [-0.2, -0.15) is 0 Å². The van der Waals surface area contributed by atoms with Crippen molar-refractivity contribution >= 4 is 22.6 Å². The molecule has 29 heavy (non-hydrogen) atoms. The molecule has 0 aliphatic rings. The molecule has 0 aliphatic heterocycles. The number of nitrogens with one attached hydrogen (secondary N) is 1. The first-order valence-corrected chi connectivity index (χ1v) is 9.96. The Kier molecular flexibility index (Phi) is 6.59. The van der Waals surface area contributed by atoms with Crippen molar-refractivity contribution in [2.24, 2.45) is 0 Å². The molecule has 0 fully saturated rings. The number of imidazole rings is 1. The molecular formula is C22H27N3O4. The predicted octanol–water partition coefficient (Wildman–Crippen LogP) is 3.65. The minimum absolute atomic E-state index is 0.0623. The molecule has 154 valence electrons. The molecule has 0 radical (unpaired) electrons. The number of para-hydroxylation sites is 2. The van der Waals surface area contributed by atoms with Crippen LogP contribution < -0.4 is 20.5 Å². The third-order valence-electron chi connectivity index (χ3n) is 4.50. The maximum absolute atomic E-state index is 12.8. The molecule has 7 nitrogen and oxygen atoms in total. The van der Waals surface area contributed by atoms with E-state index in [9.17, 15) is 9.59 Å². The van der Waals surface area contributed by atoms with Crippen LogP contribution in [0.4, 0.5) is 5.69 Å². The Morgan fingerprint density at radius 2 is 1.59 bits per heavy atom. The Balaban J connectivity index is 1.84. The number of ether oxygens (including phenoxy) is 2. The smallest absolute Gasteiger partial charge is 0.329 e. The average molecular weight is 397 g/mol. The van der Waals surface area contributed by atoms with Crippen LogP contribution in [-0.4, -0.2) is 28.3 Å². The molecule has 2 aromatic carbocycles. The Labute approximate surface area is 169 Å². The quantitative estimate of drug-likeness (QED) is 0.598. The number of nitrogens with zero attached hydrogens (tertiary/aromatic N) is 2. The molecule has 0 atom stereocenters. The lowest BCUT2D eigenvalue weighted by molar-refractivity contribution is -0.116. The zero-order chi connectivity index (χ0) is 20.8. The van der Waals surface area contributed by atoms with Gasteiger partial charge >= 0.3 is 5.69 Å². The van der Waals surface area contributed by atoms with Crippen molar-refractivity contribution in [3.63, 3.8) is 0 Å². The highest BCUT2D eigenvalue weighted by molar-refractivity contribution is 5.92. The third-order valence-corrected chi connectivity index (χ3v) is 4.50. The lowest BCUT2D eigenvalue weighted by atomic mass is 10.2. The van der Waals surface area contributed by atoms with Gasteiger partial charge in [-0.1, -0.05) is 19.1 Å². The van der Waals surface area contributed by atoms with Crippen molar-refractivity contribution in [2.45, 2.75) is 40.3 Å². The fourth-order valence-corrected chi connectivity index (χ4v) is 3.34. The summed E-state index contributed by atoms with van der Waals surface area (Å²) in [6.07, 6.45) is 0.840. The van der Waals surface area contributed by atoms with E-state index >= 15 is 0 Å². The number of carbonyl (C=O) groups is 1. The summed E-state index contributed by atoms with van der Waals surface area (Å²) < 4.78 is 14.4. The number of carbonyl (C=O) groups excluding carboxylic acids is 1. The summed E-state index contributed by atoms with van der Waals surface area (Å²) in [4.78, 5) is 25.5. The zero-order valence-electron chi connectivity index (χ0n) is 17.1. The van der Waals surface area contributed by atoms with Crippen LogP contribution >= 0.6 is 0 Å². The number of amides is 1. The molecule has 0 saturated carbocycles.